The van der Waals surface area contributed by atoms with Crippen LogP contribution in [0.15, 0.2) is 66.7 Å². The van der Waals surface area contributed by atoms with Crippen LogP contribution in [0, 0.1) is 0 Å². The molecule has 34 heavy (non-hydrogen) atoms. The van der Waals surface area contributed by atoms with Gasteiger partial charge in [-0.15, -0.1) is 0 Å². The normalized spacial score (nSPS) is 16.7. The van der Waals surface area contributed by atoms with Crippen molar-refractivity contribution in [1.29, 1.82) is 0 Å². The summed E-state index contributed by atoms with van der Waals surface area (Å²) in [6.45, 7) is 7.85. The average molecular weight is 459 g/mol. The largest absolute Gasteiger partial charge is 0.494 e. The molecule has 4 rings (SSSR count). The maximum absolute atomic E-state index is 10.6. The first-order chi connectivity index (χ1) is 16.3. The Morgan fingerprint density at radius 1 is 1.09 bits per heavy atom. The second kappa shape index (κ2) is 10.2. The van der Waals surface area contributed by atoms with E-state index in [4.69, 9.17) is 9.84 Å². The van der Waals surface area contributed by atoms with Gasteiger partial charge in [-0.1, -0.05) is 56.3 Å². The van der Waals surface area contributed by atoms with Crippen LogP contribution in [0.3, 0.4) is 0 Å². The highest BCUT2D eigenvalue weighted by molar-refractivity contribution is 5.71. The Morgan fingerprint density at radius 2 is 1.82 bits per heavy atom. The Labute approximate surface area is 202 Å². The summed E-state index contributed by atoms with van der Waals surface area (Å²) < 4.78 is 5.69. The fourth-order valence-electron chi connectivity index (χ4n) is 4.48. The van der Waals surface area contributed by atoms with Gasteiger partial charge in [0.2, 0.25) is 0 Å². The van der Waals surface area contributed by atoms with Crippen molar-refractivity contribution in [2.24, 2.45) is 0 Å². The van der Waals surface area contributed by atoms with Crippen molar-refractivity contribution in [3.63, 3.8) is 0 Å². The molecule has 0 amide bonds. The molecule has 0 fully saturated rings. The molecule has 1 heterocycles. The third-order valence-electron chi connectivity index (χ3n) is 6.54. The minimum Gasteiger partial charge on any atom is -0.494 e. The van der Waals surface area contributed by atoms with Crippen molar-refractivity contribution in [2.45, 2.75) is 58.0 Å². The van der Waals surface area contributed by atoms with E-state index in [9.17, 15) is 4.79 Å². The first-order valence-corrected chi connectivity index (χ1v) is 12.0. The van der Waals surface area contributed by atoms with Gasteiger partial charge < -0.3 is 20.5 Å². The zero-order valence-corrected chi connectivity index (χ0v) is 20.2. The van der Waals surface area contributed by atoms with Gasteiger partial charge in [-0.3, -0.25) is 4.79 Å². The van der Waals surface area contributed by atoms with E-state index in [0.717, 1.165) is 24.4 Å². The predicted octanol–water partition coefficient (Wildman–Crippen LogP) is 6.55. The van der Waals surface area contributed by atoms with E-state index < -0.39 is 5.97 Å². The Bertz CT molecular complexity index is 1120. The summed E-state index contributed by atoms with van der Waals surface area (Å²) in [4.78, 5) is 10.6. The topological polar surface area (TPSA) is 70.6 Å². The van der Waals surface area contributed by atoms with Crippen molar-refractivity contribution in [2.75, 3.05) is 17.2 Å². The first kappa shape index (κ1) is 23.7. The Balaban J connectivity index is 1.40. The highest BCUT2D eigenvalue weighted by Crippen LogP contribution is 2.42. The zero-order valence-electron chi connectivity index (χ0n) is 20.2. The molecule has 1 unspecified atom stereocenters. The summed E-state index contributed by atoms with van der Waals surface area (Å²) >= 11 is 0. The van der Waals surface area contributed by atoms with Gasteiger partial charge in [0, 0.05) is 36.3 Å². The molecule has 1 aliphatic rings. The molecule has 5 nitrogen and oxygen atoms in total. The Hall–Kier alpha value is -3.47. The van der Waals surface area contributed by atoms with Crippen molar-refractivity contribution in [3.05, 3.63) is 89.0 Å². The van der Waals surface area contributed by atoms with Gasteiger partial charge in [-0.25, -0.2) is 0 Å². The van der Waals surface area contributed by atoms with Crippen LogP contribution in [0.1, 0.15) is 61.8 Å². The number of carboxylic acids is 1. The lowest BCUT2D eigenvalue weighted by Gasteiger charge is -2.26. The third kappa shape index (κ3) is 5.53. The predicted molar refractivity (Wildman–Crippen MR) is 138 cm³/mol. The van der Waals surface area contributed by atoms with E-state index in [-0.39, 0.29) is 12.0 Å². The SMILES string of the molecule is CC(C)c1ccc(CNc2cccc3c2CC(C)(c2ccc(OCCCC(=O)O)cc2)N3)cc1. The lowest BCUT2D eigenvalue weighted by atomic mass is 9.88. The summed E-state index contributed by atoms with van der Waals surface area (Å²) in [5, 5.41) is 16.1. The van der Waals surface area contributed by atoms with Crippen LogP contribution in [0.2, 0.25) is 0 Å². The van der Waals surface area contributed by atoms with Gasteiger partial charge in [0.05, 0.1) is 12.1 Å². The number of aliphatic carboxylic acids is 1. The third-order valence-corrected chi connectivity index (χ3v) is 6.54. The molecule has 0 aliphatic carbocycles. The number of anilines is 2. The van der Waals surface area contributed by atoms with Crippen molar-refractivity contribution < 1.29 is 14.6 Å². The van der Waals surface area contributed by atoms with Crippen molar-refractivity contribution >= 4 is 17.3 Å². The fraction of sp³-hybridized carbons (Fsp3) is 0.345. The summed E-state index contributed by atoms with van der Waals surface area (Å²) in [7, 11) is 0. The molecule has 1 atom stereocenters. The number of hydrogen-bond donors (Lipinski definition) is 3. The number of nitrogens with one attached hydrogen (secondary N) is 2. The molecule has 3 N–H and O–H groups in total. The Morgan fingerprint density at radius 3 is 2.50 bits per heavy atom. The van der Waals surface area contributed by atoms with E-state index in [1.54, 1.807) is 0 Å². The molecular formula is C29H34N2O3. The van der Waals surface area contributed by atoms with Gasteiger partial charge in [-0.2, -0.15) is 0 Å². The van der Waals surface area contributed by atoms with Crippen LogP contribution in [-0.4, -0.2) is 17.7 Å². The monoisotopic (exact) mass is 458 g/mol. The number of rotatable bonds is 10. The number of benzene rings is 3. The maximum atomic E-state index is 10.6. The molecule has 0 radical (unpaired) electrons. The second-order valence-corrected chi connectivity index (χ2v) is 9.59. The number of carbonyl (C=O) groups is 1. The summed E-state index contributed by atoms with van der Waals surface area (Å²) in [6, 6.07) is 23.4. The van der Waals surface area contributed by atoms with E-state index in [1.165, 1.54) is 27.9 Å². The van der Waals surface area contributed by atoms with Gasteiger partial charge in [0.25, 0.3) is 0 Å². The van der Waals surface area contributed by atoms with E-state index in [1.807, 2.05) is 12.1 Å². The van der Waals surface area contributed by atoms with E-state index in [2.05, 4.69) is 86.0 Å². The van der Waals surface area contributed by atoms with Crippen molar-refractivity contribution in [1.82, 2.24) is 0 Å². The minimum atomic E-state index is -0.795. The average Bonchev–Trinajstić information content (AvgIpc) is 3.19. The molecule has 3 aromatic carbocycles. The second-order valence-electron chi connectivity index (χ2n) is 9.59. The van der Waals surface area contributed by atoms with E-state index in [0.29, 0.717) is 18.9 Å². The molecule has 0 bridgehead atoms. The minimum absolute atomic E-state index is 0.123. The zero-order chi connectivity index (χ0) is 24.1. The van der Waals surface area contributed by atoms with Crippen LogP contribution in [0.4, 0.5) is 11.4 Å². The van der Waals surface area contributed by atoms with Crippen LogP contribution >= 0.6 is 0 Å². The fourth-order valence-corrected chi connectivity index (χ4v) is 4.48. The van der Waals surface area contributed by atoms with Gasteiger partial charge in [-0.05, 0) is 60.2 Å². The molecule has 178 valence electrons. The molecule has 5 heteroatoms. The molecular weight excluding hydrogens is 424 g/mol. The lowest BCUT2D eigenvalue weighted by Crippen LogP contribution is -2.29. The van der Waals surface area contributed by atoms with Crippen LogP contribution in [0.5, 0.6) is 5.75 Å². The molecule has 0 saturated heterocycles. The summed E-state index contributed by atoms with van der Waals surface area (Å²) in [6.07, 6.45) is 1.51. The van der Waals surface area contributed by atoms with E-state index >= 15 is 0 Å². The first-order valence-electron chi connectivity index (χ1n) is 12.0. The summed E-state index contributed by atoms with van der Waals surface area (Å²) in [5.74, 6) is 0.511. The smallest absolute Gasteiger partial charge is 0.303 e. The number of fused-ring (bicyclic) bond motifs is 1. The van der Waals surface area contributed by atoms with Crippen molar-refractivity contribution in [3.8, 4) is 5.75 Å². The molecule has 0 spiro atoms. The van der Waals surface area contributed by atoms with Crippen LogP contribution in [0.25, 0.3) is 0 Å². The van der Waals surface area contributed by atoms with Gasteiger partial charge in [0.15, 0.2) is 0 Å². The van der Waals surface area contributed by atoms with Gasteiger partial charge in [0.1, 0.15) is 5.75 Å². The van der Waals surface area contributed by atoms with Gasteiger partial charge >= 0.3 is 5.97 Å². The number of ether oxygens (including phenoxy) is 1. The summed E-state index contributed by atoms with van der Waals surface area (Å²) in [5.41, 5.74) is 7.25. The molecule has 1 aliphatic heterocycles. The lowest BCUT2D eigenvalue weighted by molar-refractivity contribution is -0.137. The number of carboxylic acid groups (broad SMARTS) is 1. The molecule has 0 aromatic heterocycles. The maximum Gasteiger partial charge on any atom is 0.303 e. The van der Waals surface area contributed by atoms with Crippen LogP contribution in [-0.2, 0) is 23.3 Å². The van der Waals surface area contributed by atoms with Crippen LogP contribution < -0.4 is 15.4 Å². The molecule has 0 saturated carbocycles. The Kier molecular flexibility index (Phi) is 7.11. The standard InChI is InChI=1S/C29H34N2O3/c1-20(2)22-11-9-21(10-12-22)19-30-26-6-4-7-27-25(26)18-29(3,31-27)23-13-15-24(16-14-23)34-17-5-8-28(32)33/h4,6-7,9-16,20,30-31H,5,8,17-19H2,1-3H3,(H,32,33). The highest BCUT2D eigenvalue weighted by atomic mass is 16.5. The number of hydrogen-bond acceptors (Lipinski definition) is 4. The quantitative estimate of drug-likeness (QED) is 0.301. The molecule has 3 aromatic rings. The highest BCUT2D eigenvalue weighted by Gasteiger charge is 2.35.